The molecule has 3 rings (SSSR count). The average molecular weight is 356 g/mol. The number of esters is 1. The summed E-state index contributed by atoms with van der Waals surface area (Å²) < 4.78 is 20.5. The van der Waals surface area contributed by atoms with Gasteiger partial charge in [-0.3, -0.25) is 9.59 Å². The summed E-state index contributed by atoms with van der Waals surface area (Å²) in [5.41, 5.74) is 0.767. The molecule has 0 unspecified atom stereocenters. The summed E-state index contributed by atoms with van der Waals surface area (Å²) in [5, 5.41) is 6.28. The van der Waals surface area contributed by atoms with E-state index in [1.165, 1.54) is 13.4 Å². The number of hydrogen-bond donors (Lipinski definition) is 1. The molecular weight excluding hydrogens is 340 g/mol. The molecule has 134 valence electrons. The van der Waals surface area contributed by atoms with Crippen molar-refractivity contribution in [1.82, 2.24) is 10.5 Å². The van der Waals surface area contributed by atoms with Gasteiger partial charge < -0.3 is 23.7 Å². The van der Waals surface area contributed by atoms with Crippen molar-refractivity contribution in [2.24, 2.45) is 0 Å². The predicted molar refractivity (Wildman–Crippen MR) is 89.3 cm³/mol. The van der Waals surface area contributed by atoms with Crippen molar-refractivity contribution in [2.75, 3.05) is 13.7 Å². The first-order chi connectivity index (χ1) is 12.7. The molecule has 2 heterocycles. The van der Waals surface area contributed by atoms with E-state index in [1.54, 1.807) is 42.5 Å². The maximum absolute atomic E-state index is 12.1. The van der Waals surface area contributed by atoms with Gasteiger partial charge in [0.1, 0.15) is 24.6 Å². The summed E-state index contributed by atoms with van der Waals surface area (Å²) in [6.45, 7) is -0.354. The topological polar surface area (TPSA) is 104 Å². The van der Waals surface area contributed by atoms with E-state index in [4.69, 9.17) is 18.4 Å². The second kappa shape index (κ2) is 8.02. The molecule has 3 aromatic rings. The first kappa shape index (κ1) is 17.3. The molecule has 1 aromatic carbocycles. The van der Waals surface area contributed by atoms with Crippen LogP contribution in [0.3, 0.4) is 0 Å². The number of carbonyl (C=O) groups is 2. The van der Waals surface area contributed by atoms with Crippen molar-refractivity contribution in [1.29, 1.82) is 0 Å². The van der Waals surface area contributed by atoms with Crippen molar-refractivity contribution >= 4 is 11.9 Å². The van der Waals surface area contributed by atoms with E-state index in [9.17, 15) is 9.59 Å². The monoisotopic (exact) mass is 356 g/mol. The maximum Gasteiger partial charge on any atom is 0.325 e. The number of nitrogens with zero attached hydrogens (tertiary/aromatic N) is 1. The van der Waals surface area contributed by atoms with Crippen LogP contribution in [0, 0.1) is 0 Å². The van der Waals surface area contributed by atoms with Crippen LogP contribution in [0.2, 0.25) is 0 Å². The normalized spacial score (nSPS) is 10.3. The van der Waals surface area contributed by atoms with Crippen LogP contribution in [0.25, 0.3) is 11.5 Å². The maximum atomic E-state index is 12.1. The third-order valence-corrected chi connectivity index (χ3v) is 3.45. The summed E-state index contributed by atoms with van der Waals surface area (Å²) in [7, 11) is 1.47. The minimum atomic E-state index is -0.601. The summed E-state index contributed by atoms with van der Waals surface area (Å²) >= 11 is 0. The van der Waals surface area contributed by atoms with E-state index in [0.29, 0.717) is 28.5 Å². The molecule has 0 aliphatic heterocycles. The van der Waals surface area contributed by atoms with Gasteiger partial charge in [0.05, 0.1) is 18.9 Å². The summed E-state index contributed by atoms with van der Waals surface area (Å²) in [6, 6.07) is 11.8. The van der Waals surface area contributed by atoms with Crippen molar-refractivity contribution in [3.05, 3.63) is 60.0 Å². The van der Waals surface area contributed by atoms with Crippen LogP contribution in [-0.2, 0) is 16.1 Å². The van der Waals surface area contributed by atoms with Gasteiger partial charge in [0.2, 0.25) is 5.76 Å². The quantitative estimate of drug-likeness (QED) is 0.648. The Labute approximate surface area is 148 Å². The lowest BCUT2D eigenvalue weighted by atomic mass is 10.2. The van der Waals surface area contributed by atoms with Crippen LogP contribution in [0.5, 0.6) is 5.75 Å². The highest BCUT2D eigenvalue weighted by molar-refractivity contribution is 5.98. The zero-order chi connectivity index (χ0) is 18.4. The fraction of sp³-hybridized carbons (Fsp3) is 0.167. The van der Waals surface area contributed by atoms with Crippen LogP contribution in [-0.4, -0.2) is 30.7 Å². The van der Waals surface area contributed by atoms with Gasteiger partial charge in [-0.15, -0.1) is 0 Å². The molecule has 0 saturated heterocycles. The number of ether oxygens (including phenoxy) is 2. The highest BCUT2D eigenvalue weighted by Crippen LogP contribution is 2.20. The molecular formula is C18H16N2O6. The van der Waals surface area contributed by atoms with Crippen LogP contribution >= 0.6 is 0 Å². The molecule has 0 radical (unpaired) electrons. The third-order valence-electron chi connectivity index (χ3n) is 3.45. The molecule has 2 aromatic heterocycles. The lowest BCUT2D eigenvalue weighted by Crippen LogP contribution is -2.30. The summed E-state index contributed by atoms with van der Waals surface area (Å²) in [4.78, 5) is 23.9. The first-order valence-electron chi connectivity index (χ1n) is 7.73. The Morgan fingerprint density at radius 3 is 2.77 bits per heavy atom. The van der Waals surface area contributed by atoms with Crippen LogP contribution < -0.4 is 10.1 Å². The van der Waals surface area contributed by atoms with Crippen molar-refractivity contribution < 1.29 is 28.0 Å². The SMILES string of the molecule is COc1ccccc1C(=O)NCC(=O)OCc1cc(-c2ccco2)on1. The second-order valence-electron chi connectivity index (χ2n) is 5.20. The molecule has 8 heteroatoms. The van der Waals surface area contributed by atoms with Gasteiger partial charge in [-0.05, 0) is 24.3 Å². The Bertz CT molecular complexity index is 885. The number of carbonyl (C=O) groups excluding carboxylic acids is 2. The number of hydrogen-bond acceptors (Lipinski definition) is 7. The Balaban J connectivity index is 1.48. The summed E-state index contributed by atoms with van der Waals surface area (Å²) in [6.07, 6.45) is 1.52. The van der Waals surface area contributed by atoms with E-state index in [0.717, 1.165) is 0 Å². The molecule has 1 N–H and O–H groups in total. The number of amides is 1. The zero-order valence-corrected chi connectivity index (χ0v) is 13.9. The van der Waals surface area contributed by atoms with Gasteiger partial charge in [-0.25, -0.2) is 0 Å². The molecule has 26 heavy (non-hydrogen) atoms. The largest absolute Gasteiger partial charge is 0.496 e. The Morgan fingerprint density at radius 1 is 1.15 bits per heavy atom. The number of para-hydroxylation sites is 1. The van der Waals surface area contributed by atoms with Crippen LogP contribution in [0.4, 0.5) is 0 Å². The molecule has 0 atom stereocenters. The number of rotatable bonds is 7. The van der Waals surface area contributed by atoms with E-state index in [2.05, 4.69) is 10.5 Å². The van der Waals surface area contributed by atoms with E-state index in [-0.39, 0.29) is 13.2 Å². The minimum Gasteiger partial charge on any atom is -0.496 e. The molecule has 0 aliphatic rings. The Hall–Kier alpha value is -3.55. The minimum absolute atomic E-state index is 0.0758. The van der Waals surface area contributed by atoms with Gasteiger partial charge in [-0.2, -0.15) is 0 Å². The van der Waals surface area contributed by atoms with E-state index >= 15 is 0 Å². The highest BCUT2D eigenvalue weighted by Gasteiger charge is 2.14. The lowest BCUT2D eigenvalue weighted by Gasteiger charge is -2.08. The second-order valence-corrected chi connectivity index (χ2v) is 5.20. The predicted octanol–water partition coefficient (Wildman–Crippen LogP) is 2.42. The Kier molecular flexibility index (Phi) is 5.33. The van der Waals surface area contributed by atoms with Gasteiger partial charge in [-0.1, -0.05) is 17.3 Å². The summed E-state index contributed by atoms with van der Waals surface area (Å²) in [5.74, 6) is 0.354. The molecule has 8 nitrogen and oxygen atoms in total. The van der Waals surface area contributed by atoms with Crippen molar-refractivity contribution in [3.63, 3.8) is 0 Å². The van der Waals surface area contributed by atoms with Crippen LogP contribution in [0.1, 0.15) is 16.1 Å². The van der Waals surface area contributed by atoms with E-state index in [1.807, 2.05) is 0 Å². The first-order valence-corrected chi connectivity index (χ1v) is 7.73. The smallest absolute Gasteiger partial charge is 0.325 e. The molecule has 1 amide bonds. The highest BCUT2D eigenvalue weighted by atomic mass is 16.5. The molecule has 0 spiro atoms. The van der Waals surface area contributed by atoms with E-state index < -0.39 is 11.9 Å². The van der Waals surface area contributed by atoms with Gasteiger partial charge in [0.25, 0.3) is 5.91 Å². The fourth-order valence-electron chi connectivity index (χ4n) is 2.20. The third kappa shape index (κ3) is 4.10. The van der Waals surface area contributed by atoms with Crippen molar-refractivity contribution in [2.45, 2.75) is 6.61 Å². The number of nitrogens with one attached hydrogen (secondary N) is 1. The van der Waals surface area contributed by atoms with Gasteiger partial charge >= 0.3 is 5.97 Å². The molecule has 0 bridgehead atoms. The van der Waals surface area contributed by atoms with Crippen LogP contribution in [0.15, 0.2) is 57.7 Å². The number of methoxy groups -OCH3 is 1. The van der Waals surface area contributed by atoms with Gasteiger partial charge in [0.15, 0.2) is 5.76 Å². The standard InChI is InChI=1S/C18H16N2O6/c1-23-14-6-3-2-5-13(14)18(22)19-10-17(21)25-11-12-9-16(26-20-12)15-7-4-8-24-15/h2-9H,10-11H2,1H3,(H,19,22). The Morgan fingerprint density at radius 2 is 2.00 bits per heavy atom. The zero-order valence-electron chi connectivity index (χ0n) is 13.9. The number of benzene rings is 1. The van der Waals surface area contributed by atoms with Crippen molar-refractivity contribution in [3.8, 4) is 17.3 Å². The number of aromatic nitrogens is 1. The fourth-order valence-corrected chi connectivity index (χ4v) is 2.20. The average Bonchev–Trinajstić information content (AvgIpc) is 3.35. The molecule has 0 fully saturated rings. The van der Waals surface area contributed by atoms with Gasteiger partial charge in [0, 0.05) is 6.07 Å². The molecule has 0 saturated carbocycles. The molecule has 0 aliphatic carbocycles. The lowest BCUT2D eigenvalue weighted by molar-refractivity contribution is -0.143. The number of furan rings is 1.